The summed E-state index contributed by atoms with van der Waals surface area (Å²) >= 11 is 0. The first-order valence-electron chi connectivity index (χ1n) is 15.5. The van der Waals surface area contributed by atoms with Crippen LogP contribution in [0.4, 0.5) is 0 Å². The molecular formula is C36H81P3Pd. The van der Waals surface area contributed by atoms with E-state index >= 15 is 0 Å². The average molecular weight is 713 g/mol. The molecule has 0 bridgehead atoms. The second kappa shape index (κ2) is 15.5. The molecule has 40 heavy (non-hydrogen) atoms. The Kier molecular flexibility index (Phi) is 18.9. The summed E-state index contributed by atoms with van der Waals surface area (Å²) in [5, 5.41) is 4.05. The topological polar surface area (TPSA) is 0 Å². The number of hydrogen-bond donors (Lipinski definition) is 0. The standard InChI is InChI=1S/3C12H27P.Pd/c3*1-10(2,3)13(11(4,5)6)12(7,8)9;/h3*1-9H3;. The summed E-state index contributed by atoms with van der Waals surface area (Å²) in [6, 6.07) is 0. The first-order valence-corrected chi connectivity index (χ1v) is 19.5. The Balaban J connectivity index is -0.000000240. The summed E-state index contributed by atoms with van der Waals surface area (Å²) in [4.78, 5) is 0. The van der Waals surface area contributed by atoms with Gasteiger partial charge in [-0.2, -0.15) is 0 Å². The van der Waals surface area contributed by atoms with Gasteiger partial charge in [-0.05, 0) is 46.4 Å². The molecule has 0 saturated carbocycles. The second-order valence-corrected chi connectivity index (χ2v) is 34.6. The van der Waals surface area contributed by atoms with Crippen LogP contribution in [0.25, 0.3) is 0 Å². The van der Waals surface area contributed by atoms with Crippen LogP contribution in [-0.4, -0.2) is 46.4 Å². The summed E-state index contributed by atoms with van der Waals surface area (Å²) in [5.41, 5.74) is 0. The van der Waals surface area contributed by atoms with Crippen molar-refractivity contribution in [1.82, 2.24) is 0 Å². The molecule has 0 rings (SSSR count). The summed E-state index contributed by atoms with van der Waals surface area (Å²) in [6.07, 6.45) is 0. The van der Waals surface area contributed by atoms with Gasteiger partial charge in [-0.1, -0.05) is 211 Å². The molecule has 0 aromatic heterocycles. The molecule has 0 atom stereocenters. The molecule has 0 aliphatic rings. The van der Waals surface area contributed by atoms with Gasteiger partial charge in [0.2, 0.25) is 0 Å². The molecule has 0 amide bonds. The summed E-state index contributed by atoms with van der Waals surface area (Å²) < 4.78 is 0. The van der Waals surface area contributed by atoms with Gasteiger partial charge >= 0.3 is 0 Å². The van der Waals surface area contributed by atoms with Gasteiger partial charge in [-0.25, -0.2) is 0 Å². The van der Waals surface area contributed by atoms with Gasteiger partial charge in [0.15, 0.2) is 0 Å². The fourth-order valence-electron chi connectivity index (χ4n) is 9.06. The summed E-state index contributed by atoms with van der Waals surface area (Å²) in [6.45, 7) is 64.4. The van der Waals surface area contributed by atoms with Crippen molar-refractivity contribution in [3.8, 4) is 0 Å². The summed E-state index contributed by atoms with van der Waals surface area (Å²) in [7, 11) is 0.0486. The van der Waals surface area contributed by atoms with E-state index in [1.54, 1.807) is 0 Å². The van der Waals surface area contributed by atoms with Crippen LogP contribution in [0.2, 0.25) is 0 Å². The third kappa shape index (κ3) is 19.4. The van der Waals surface area contributed by atoms with Crippen molar-refractivity contribution in [2.75, 3.05) is 0 Å². The third-order valence-corrected chi connectivity index (χ3v) is 18.1. The van der Waals surface area contributed by atoms with Crippen LogP contribution < -0.4 is 0 Å². The molecule has 0 aromatic rings. The Labute approximate surface area is 276 Å². The van der Waals surface area contributed by atoms with Crippen molar-refractivity contribution in [3.63, 3.8) is 0 Å². The Morgan fingerprint density at radius 1 is 0.175 bits per heavy atom. The van der Waals surface area contributed by atoms with E-state index in [4.69, 9.17) is 0 Å². The van der Waals surface area contributed by atoms with Crippen molar-refractivity contribution >= 4 is 23.8 Å². The van der Waals surface area contributed by atoms with Crippen molar-refractivity contribution < 1.29 is 20.4 Å². The smallest absolute Gasteiger partial charge is 0 e. The Hall–Kier alpha value is 1.95. The van der Waals surface area contributed by atoms with E-state index < -0.39 is 0 Å². The van der Waals surface area contributed by atoms with E-state index in [0.29, 0.717) is 46.4 Å². The molecule has 0 aromatic carbocycles. The van der Waals surface area contributed by atoms with Crippen LogP contribution in [0.15, 0.2) is 0 Å². The fourth-order valence-corrected chi connectivity index (χ4v) is 27.2. The van der Waals surface area contributed by atoms with E-state index in [2.05, 4.69) is 187 Å². The maximum absolute atomic E-state index is 2.38. The Morgan fingerprint density at radius 2 is 0.225 bits per heavy atom. The molecule has 0 saturated heterocycles. The second-order valence-electron chi connectivity index (χ2n) is 20.5. The van der Waals surface area contributed by atoms with Crippen molar-refractivity contribution in [2.24, 2.45) is 0 Å². The van der Waals surface area contributed by atoms with Gasteiger partial charge in [0, 0.05) is 20.4 Å². The molecule has 0 aliphatic carbocycles. The van der Waals surface area contributed by atoms with Gasteiger partial charge < -0.3 is 0 Å². The molecule has 0 unspecified atom stereocenters. The minimum atomic E-state index is 0. The van der Waals surface area contributed by atoms with Crippen LogP contribution in [0.5, 0.6) is 0 Å². The summed E-state index contributed by atoms with van der Waals surface area (Å²) in [5.74, 6) is 0. The predicted octanol–water partition coefficient (Wildman–Crippen LogP) is 14.6. The van der Waals surface area contributed by atoms with Crippen molar-refractivity contribution in [1.29, 1.82) is 0 Å². The van der Waals surface area contributed by atoms with Gasteiger partial charge in [-0.3, -0.25) is 0 Å². The molecular weight excluding hydrogens is 632 g/mol. The molecule has 0 heterocycles. The normalized spacial score (nSPS) is 14.8. The SMILES string of the molecule is CC(C)(C)P(C(C)(C)C)C(C)(C)C.CC(C)(C)P(C(C)(C)C)C(C)(C)C.CC(C)(C)P(C(C)(C)C)C(C)(C)C.[Pd]. The van der Waals surface area contributed by atoms with E-state index in [1.165, 1.54) is 0 Å². The number of rotatable bonds is 0. The van der Waals surface area contributed by atoms with Gasteiger partial charge in [0.25, 0.3) is 0 Å². The Morgan fingerprint density at radius 3 is 0.225 bits per heavy atom. The van der Waals surface area contributed by atoms with E-state index in [9.17, 15) is 0 Å². The zero-order chi connectivity index (χ0) is 33.2. The molecule has 0 N–H and O–H groups in total. The van der Waals surface area contributed by atoms with Crippen LogP contribution in [-0.2, 0) is 20.4 Å². The average Bonchev–Trinajstić information content (AvgIpc) is 2.29. The van der Waals surface area contributed by atoms with Crippen LogP contribution in [0.3, 0.4) is 0 Å². The minimum Gasteiger partial charge on any atom is -0.0901 e. The van der Waals surface area contributed by atoms with Crippen LogP contribution in [0, 0.1) is 0 Å². The molecule has 0 nitrogen and oxygen atoms in total. The third-order valence-electron chi connectivity index (χ3n) is 6.04. The largest absolute Gasteiger partial charge is 0.0901 e. The van der Waals surface area contributed by atoms with E-state index in [1.807, 2.05) is 0 Å². The maximum atomic E-state index is 2.38. The van der Waals surface area contributed by atoms with Crippen LogP contribution in [0.1, 0.15) is 187 Å². The van der Waals surface area contributed by atoms with Gasteiger partial charge in [0.1, 0.15) is 0 Å². The monoisotopic (exact) mass is 712 g/mol. The maximum Gasteiger partial charge on any atom is 0 e. The number of hydrogen-bond acceptors (Lipinski definition) is 0. The molecule has 250 valence electrons. The first kappa shape index (κ1) is 48.8. The fraction of sp³-hybridized carbons (Fsp3) is 1.00. The quantitative estimate of drug-likeness (QED) is 0.173. The molecule has 4 heteroatoms. The van der Waals surface area contributed by atoms with Gasteiger partial charge in [-0.15, -0.1) is 0 Å². The molecule has 0 fully saturated rings. The molecule has 0 radical (unpaired) electrons. The van der Waals surface area contributed by atoms with Crippen LogP contribution >= 0.6 is 23.8 Å². The Bertz CT molecular complexity index is 490. The molecule has 0 spiro atoms. The van der Waals surface area contributed by atoms with E-state index in [-0.39, 0.29) is 44.2 Å². The first-order chi connectivity index (χ1) is 16.1. The predicted molar refractivity (Wildman–Crippen MR) is 199 cm³/mol. The van der Waals surface area contributed by atoms with Gasteiger partial charge in [0.05, 0.1) is 0 Å². The zero-order valence-electron chi connectivity index (χ0n) is 33.2. The van der Waals surface area contributed by atoms with Crippen molar-refractivity contribution in [2.45, 2.75) is 233 Å². The van der Waals surface area contributed by atoms with E-state index in [0.717, 1.165) is 0 Å². The minimum absolute atomic E-state index is 0. The molecule has 0 aliphatic heterocycles. The van der Waals surface area contributed by atoms with Crippen molar-refractivity contribution in [3.05, 3.63) is 0 Å². The zero-order valence-corrected chi connectivity index (χ0v) is 37.4.